The summed E-state index contributed by atoms with van der Waals surface area (Å²) in [5.74, 6) is 0.196. The predicted octanol–water partition coefficient (Wildman–Crippen LogP) is 1.31. The lowest BCUT2D eigenvalue weighted by Crippen LogP contribution is -2.55. The minimum atomic E-state index is -3.07. The highest BCUT2D eigenvalue weighted by Crippen LogP contribution is 2.29. The number of amides is 2. The summed E-state index contributed by atoms with van der Waals surface area (Å²) in [6.45, 7) is 9.11. The third-order valence-electron chi connectivity index (χ3n) is 5.26. The fraction of sp³-hybridized carbons (Fsp3) is 0.882. The van der Waals surface area contributed by atoms with Gasteiger partial charge in [0.05, 0.1) is 11.5 Å². The van der Waals surface area contributed by atoms with E-state index in [0.717, 1.165) is 12.8 Å². The molecule has 0 aromatic heterocycles. The number of carbonyl (C=O) groups is 2. The zero-order chi connectivity index (χ0) is 18.1. The number of likely N-dealkylation sites (tertiary alicyclic amines) is 1. The van der Waals surface area contributed by atoms with Crippen LogP contribution in [-0.2, 0) is 19.4 Å². The summed E-state index contributed by atoms with van der Waals surface area (Å²) in [5, 5.41) is 0. The molecule has 0 radical (unpaired) electrons. The van der Waals surface area contributed by atoms with Crippen LogP contribution < -0.4 is 0 Å². The normalized spacial score (nSPS) is 27.1. The summed E-state index contributed by atoms with van der Waals surface area (Å²) in [6, 6.07) is -0.306. The van der Waals surface area contributed by atoms with Crippen molar-refractivity contribution in [3.8, 4) is 0 Å². The molecule has 0 aliphatic carbocycles. The van der Waals surface area contributed by atoms with Gasteiger partial charge in [0.1, 0.15) is 5.41 Å². The maximum absolute atomic E-state index is 13.0. The maximum atomic E-state index is 13.0. The minimum Gasteiger partial charge on any atom is -0.342 e. The Morgan fingerprint density at radius 3 is 2.42 bits per heavy atom. The van der Waals surface area contributed by atoms with E-state index in [4.69, 9.17) is 0 Å². The highest BCUT2D eigenvalue weighted by molar-refractivity contribution is 7.91. The van der Waals surface area contributed by atoms with Gasteiger partial charge in [0.15, 0.2) is 9.84 Å². The van der Waals surface area contributed by atoms with E-state index in [2.05, 4.69) is 6.92 Å². The highest BCUT2D eigenvalue weighted by Gasteiger charge is 2.45. The van der Waals surface area contributed by atoms with Gasteiger partial charge in [-0.15, -0.1) is 0 Å². The smallest absolute Gasteiger partial charge is 0.237 e. The van der Waals surface area contributed by atoms with Crippen LogP contribution in [0.15, 0.2) is 0 Å². The molecule has 24 heavy (non-hydrogen) atoms. The van der Waals surface area contributed by atoms with Crippen LogP contribution in [0.1, 0.15) is 47.0 Å². The van der Waals surface area contributed by atoms with Gasteiger partial charge in [0.2, 0.25) is 11.8 Å². The molecular formula is C17H30N2O4S. The molecule has 138 valence electrons. The van der Waals surface area contributed by atoms with Crippen LogP contribution in [0.2, 0.25) is 0 Å². The van der Waals surface area contributed by atoms with Crippen LogP contribution in [0.5, 0.6) is 0 Å². The summed E-state index contributed by atoms with van der Waals surface area (Å²) >= 11 is 0. The van der Waals surface area contributed by atoms with Crippen LogP contribution >= 0.6 is 0 Å². The van der Waals surface area contributed by atoms with Gasteiger partial charge in [-0.2, -0.15) is 0 Å². The lowest BCUT2D eigenvalue weighted by atomic mass is 9.87. The van der Waals surface area contributed by atoms with Gasteiger partial charge in [-0.05, 0) is 46.0 Å². The molecule has 2 fully saturated rings. The molecule has 0 spiro atoms. The van der Waals surface area contributed by atoms with Gasteiger partial charge in [-0.3, -0.25) is 9.59 Å². The largest absolute Gasteiger partial charge is 0.342 e. The average molecular weight is 359 g/mol. The molecule has 2 atom stereocenters. The molecule has 0 N–H and O–H groups in total. The van der Waals surface area contributed by atoms with Crippen molar-refractivity contribution in [2.24, 2.45) is 11.3 Å². The van der Waals surface area contributed by atoms with Gasteiger partial charge in [-0.1, -0.05) is 6.92 Å². The first kappa shape index (κ1) is 19.2. The maximum Gasteiger partial charge on any atom is 0.237 e. The molecule has 6 nitrogen and oxygen atoms in total. The molecule has 0 aromatic rings. The van der Waals surface area contributed by atoms with Crippen molar-refractivity contribution in [3.05, 3.63) is 0 Å². The predicted molar refractivity (Wildman–Crippen MR) is 93.2 cm³/mol. The zero-order valence-electron chi connectivity index (χ0n) is 15.2. The van der Waals surface area contributed by atoms with Crippen LogP contribution in [0.25, 0.3) is 0 Å². The number of carbonyl (C=O) groups excluding carboxylic acids is 2. The van der Waals surface area contributed by atoms with Crippen molar-refractivity contribution in [1.29, 1.82) is 0 Å². The summed E-state index contributed by atoms with van der Waals surface area (Å²) in [7, 11) is -3.07. The molecule has 2 aliphatic rings. The molecular weight excluding hydrogens is 328 g/mol. The highest BCUT2D eigenvalue weighted by atomic mass is 32.2. The second kappa shape index (κ2) is 7.02. The second-order valence-electron chi connectivity index (χ2n) is 7.77. The molecule has 0 bridgehead atoms. The van der Waals surface area contributed by atoms with E-state index in [-0.39, 0.29) is 29.4 Å². The number of hydrogen-bond acceptors (Lipinski definition) is 4. The summed E-state index contributed by atoms with van der Waals surface area (Å²) < 4.78 is 23.5. The molecule has 2 unspecified atom stereocenters. The van der Waals surface area contributed by atoms with Gasteiger partial charge in [0.25, 0.3) is 0 Å². The molecule has 0 saturated carbocycles. The molecule has 2 rings (SSSR count). The monoisotopic (exact) mass is 358 g/mol. The van der Waals surface area contributed by atoms with E-state index in [0.29, 0.717) is 32.0 Å². The summed E-state index contributed by atoms with van der Waals surface area (Å²) in [6.07, 6.45) is 2.54. The Bertz CT molecular complexity index is 600. The molecule has 0 aromatic carbocycles. The first-order valence-electron chi connectivity index (χ1n) is 8.89. The fourth-order valence-electron chi connectivity index (χ4n) is 3.81. The Morgan fingerprint density at radius 1 is 1.25 bits per heavy atom. The number of nitrogens with zero attached hydrogens (tertiary/aromatic N) is 2. The van der Waals surface area contributed by atoms with Gasteiger partial charge < -0.3 is 9.80 Å². The van der Waals surface area contributed by atoms with E-state index in [1.165, 1.54) is 0 Å². The lowest BCUT2D eigenvalue weighted by Gasteiger charge is -2.39. The Labute approximate surface area is 145 Å². The number of rotatable bonds is 4. The third-order valence-corrected chi connectivity index (χ3v) is 7.01. The molecule has 2 amide bonds. The molecule has 2 heterocycles. The zero-order valence-corrected chi connectivity index (χ0v) is 16.1. The molecule has 2 aliphatic heterocycles. The van der Waals surface area contributed by atoms with Crippen molar-refractivity contribution < 1.29 is 18.0 Å². The Morgan fingerprint density at radius 2 is 1.92 bits per heavy atom. The third kappa shape index (κ3) is 3.92. The Balaban J connectivity index is 2.14. The van der Waals surface area contributed by atoms with E-state index in [1.807, 2.05) is 6.92 Å². The minimum absolute atomic E-state index is 0.0115. The summed E-state index contributed by atoms with van der Waals surface area (Å²) in [4.78, 5) is 29.4. The van der Waals surface area contributed by atoms with Crippen molar-refractivity contribution in [2.45, 2.75) is 53.0 Å². The van der Waals surface area contributed by atoms with Crippen molar-refractivity contribution >= 4 is 21.7 Å². The molecule has 2 saturated heterocycles. The number of sulfone groups is 1. The van der Waals surface area contributed by atoms with Crippen LogP contribution in [0.3, 0.4) is 0 Å². The summed E-state index contributed by atoms with van der Waals surface area (Å²) in [5.41, 5.74) is -1.15. The van der Waals surface area contributed by atoms with Crippen LogP contribution in [0.4, 0.5) is 0 Å². The van der Waals surface area contributed by atoms with Gasteiger partial charge >= 0.3 is 0 Å². The van der Waals surface area contributed by atoms with E-state index in [1.54, 1.807) is 23.6 Å². The standard InChI is InChI=1S/C17H30N2O4S/c1-5-19(14-8-10-24(22,23)12-14)16(21)17(3,4)15(20)18-9-6-7-13(2)11-18/h13-14H,5-12H2,1-4H3. The van der Waals surface area contributed by atoms with Crippen molar-refractivity contribution in [2.75, 3.05) is 31.1 Å². The number of hydrogen-bond donors (Lipinski definition) is 0. The van der Waals surface area contributed by atoms with E-state index < -0.39 is 15.3 Å². The first-order chi connectivity index (χ1) is 11.1. The van der Waals surface area contributed by atoms with Crippen molar-refractivity contribution in [3.63, 3.8) is 0 Å². The number of piperidine rings is 1. The quantitative estimate of drug-likeness (QED) is 0.710. The Hall–Kier alpha value is -1.11. The van der Waals surface area contributed by atoms with Crippen LogP contribution in [-0.4, -0.2) is 67.2 Å². The lowest BCUT2D eigenvalue weighted by molar-refractivity contribution is -0.156. The average Bonchev–Trinajstić information content (AvgIpc) is 2.87. The van der Waals surface area contributed by atoms with E-state index in [9.17, 15) is 18.0 Å². The Kier molecular flexibility index (Phi) is 5.62. The van der Waals surface area contributed by atoms with Crippen molar-refractivity contribution in [1.82, 2.24) is 9.80 Å². The van der Waals surface area contributed by atoms with E-state index >= 15 is 0 Å². The topological polar surface area (TPSA) is 74.8 Å². The molecule has 7 heteroatoms. The second-order valence-corrected chi connectivity index (χ2v) is 10.0. The fourth-order valence-corrected chi connectivity index (χ4v) is 5.54. The SMILES string of the molecule is CCN(C(=O)C(C)(C)C(=O)N1CCCC(C)C1)C1CCS(=O)(=O)C1. The van der Waals surface area contributed by atoms with Crippen LogP contribution in [0, 0.1) is 11.3 Å². The van der Waals surface area contributed by atoms with Gasteiger partial charge in [0, 0.05) is 25.7 Å². The first-order valence-corrected chi connectivity index (χ1v) is 10.7. The van der Waals surface area contributed by atoms with Gasteiger partial charge in [-0.25, -0.2) is 8.42 Å².